The molecule has 2 rings (SSSR count). The standard InChI is InChI=1S/C18H23NO3/c1-18(17(19)21,9-3-4-10-20)15-7-5-14-12-16(22-2)8-6-13(14)11-15/h5-8,11-12,20H,3-4,9-10H2,1-2H3,(H2,19,21). The Kier molecular flexibility index (Phi) is 5.03. The fourth-order valence-electron chi connectivity index (χ4n) is 2.69. The van der Waals surface area contributed by atoms with Crippen LogP contribution in [-0.4, -0.2) is 24.7 Å². The second-order valence-electron chi connectivity index (χ2n) is 5.80. The van der Waals surface area contributed by atoms with Gasteiger partial charge in [-0.15, -0.1) is 0 Å². The van der Waals surface area contributed by atoms with E-state index in [4.69, 9.17) is 15.6 Å². The molecule has 2 aromatic carbocycles. The zero-order chi connectivity index (χ0) is 16.2. The maximum absolute atomic E-state index is 12.0. The van der Waals surface area contributed by atoms with E-state index in [1.165, 1.54) is 0 Å². The van der Waals surface area contributed by atoms with Crippen LogP contribution in [0.5, 0.6) is 5.75 Å². The number of primary amides is 1. The first-order valence-corrected chi connectivity index (χ1v) is 7.50. The molecule has 3 N–H and O–H groups in total. The van der Waals surface area contributed by atoms with Crippen LogP contribution in [0.1, 0.15) is 31.7 Å². The van der Waals surface area contributed by atoms with Crippen molar-refractivity contribution >= 4 is 16.7 Å². The number of benzene rings is 2. The molecule has 0 saturated heterocycles. The summed E-state index contributed by atoms with van der Waals surface area (Å²) in [5.74, 6) is 0.471. The van der Waals surface area contributed by atoms with Gasteiger partial charge < -0.3 is 15.6 Å². The molecule has 0 aliphatic rings. The Bertz CT molecular complexity index is 668. The van der Waals surface area contributed by atoms with Gasteiger partial charge in [-0.1, -0.05) is 24.3 Å². The van der Waals surface area contributed by atoms with Gasteiger partial charge in [-0.05, 0) is 54.7 Å². The minimum absolute atomic E-state index is 0.131. The van der Waals surface area contributed by atoms with E-state index in [2.05, 4.69) is 0 Å². The molecule has 1 atom stereocenters. The number of nitrogens with two attached hydrogens (primary N) is 1. The van der Waals surface area contributed by atoms with Gasteiger partial charge in [-0.25, -0.2) is 0 Å². The maximum Gasteiger partial charge on any atom is 0.227 e. The molecule has 4 heteroatoms. The van der Waals surface area contributed by atoms with Crippen LogP contribution in [0, 0.1) is 0 Å². The average Bonchev–Trinajstić information content (AvgIpc) is 2.53. The summed E-state index contributed by atoms with van der Waals surface area (Å²) in [5.41, 5.74) is 5.85. The van der Waals surface area contributed by atoms with Gasteiger partial charge in [0, 0.05) is 6.61 Å². The van der Waals surface area contributed by atoms with E-state index in [-0.39, 0.29) is 12.5 Å². The zero-order valence-electron chi connectivity index (χ0n) is 13.1. The number of aliphatic hydroxyl groups excluding tert-OH is 1. The Balaban J connectivity index is 2.39. The van der Waals surface area contributed by atoms with Gasteiger partial charge >= 0.3 is 0 Å². The van der Waals surface area contributed by atoms with Gasteiger partial charge in [0.05, 0.1) is 12.5 Å². The van der Waals surface area contributed by atoms with E-state index in [9.17, 15) is 4.79 Å². The Hall–Kier alpha value is -2.07. The number of hydrogen-bond donors (Lipinski definition) is 2. The number of carbonyl (C=O) groups excluding carboxylic acids is 1. The van der Waals surface area contributed by atoms with Crippen LogP contribution in [-0.2, 0) is 10.2 Å². The van der Waals surface area contributed by atoms with E-state index in [0.717, 1.165) is 28.5 Å². The lowest BCUT2D eigenvalue weighted by atomic mass is 9.77. The molecular formula is C18H23NO3. The van der Waals surface area contributed by atoms with Crippen molar-refractivity contribution in [3.05, 3.63) is 42.0 Å². The zero-order valence-corrected chi connectivity index (χ0v) is 13.1. The van der Waals surface area contributed by atoms with Gasteiger partial charge in [0.1, 0.15) is 5.75 Å². The quantitative estimate of drug-likeness (QED) is 0.772. The summed E-state index contributed by atoms with van der Waals surface area (Å²) in [4.78, 5) is 12.0. The van der Waals surface area contributed by atoms with Gasteiger partial charge in [-0.2, -0.15) is 0 Å². The molecule has 0 aromatic heterocycles. The monoisotopic (exact) mass is 301 g/mol. The third-order valence-corrected chi connectivity index (χ3v) is 4.31. The molecule has 0 heterocycles. The Labute approximate surface area is 130 Å². The molecule has 0 aliphatic carbocycles. The second-order valence-corrected chi connectivity index (χ2v) is 5.80. The van der Waals surface area contributed by atoms with Gasteiger partial charge in [-0.3, -0.25) is 4.79 Å². The lowest BCUT2D eigenvalue weighted by molar-refractivity contribution is -0.123. The predicted molar refractivity (Wildman–Crippen MR) is 88.0 cm³/mol. The number of methoxy groups -OCH3 is 1. The molecule has 1 unspecified atom stereocenters. The van der Waals surface area contributed by atoms with Crippen molar-refractivity contribution < 1.29 is 14.6 Å². The molecule has 22 heavy (non-hydrogen) atoms. The second kappa shape index (κ2) is 6.79. The fourth-order valence-corrected chi connectivity index (χ4v) is 2.69. The number of carbonyl (C=O) groups is 1. The summed E-state index contributed by atoms with van der Waals surface area (Å²) in [6, 6.07) is 11.8. The summed E-state index contributed by atoms with van der Waals surface area (Å²) >= 11 is 0. The number of amides is 1. The number of fused-ring (bicyclic) bond motifs is 1. The highest BCUT2D eigenvalue weighted by Crippen LogP contribution is 2.32. The van der Waals surface area contributed by atoms with E-state index in [1.807, 2.05) is 43.3 Å². The first-order chi connectivity index (χ1) is 10.5. The third kappa shape index (κ3) is 3.22. The maximum atomic E-state index is 12.0. The minimum Gasteiger partial charge on any atom is -0.497 e. The van der Waals surface area contributed by atoms with Crippen LogP contribution in [0.4, 0.5) is 0 Å². The third-order valence-electron chi connectivity index (χ3n) is 4.31. The van der Waals surface area contributed by atoms with Crippen molar-refractivity contribution in [3.8, 4) is 5.75 Å². The summed E-state index contributed by atoms with van der Waals surface area (Å²) < 4.78 is 5.23. The van der Waals surface area contributed by atoms with Crippen LogP contribution < -0.4 is 10.5 Å². The van der Waals surface area contributed by atoms with Crippen molar-refractivity contribution in [2.45, 2.75) is 31.6 Å². The van der Waals surface area contributed by atoms with Crippen molar-refractivity contribution in [3.63, 3.8) is 0 Å². The number of unbranched alkanes of at least 4 members (excludes halogenated alkanes) is 1. The lowest BCUT2D eigenvalue weighted by Crippen LogP contribution is -2.38. The van der Waals surface area contributed by atoms with Crippen LogP contribution in [0.3, 0.4) is 0 Å². The number of hydrogen-bond acceptors (Lipinski definition) is 3. The van der Waals surface area contributed by atoms with Crippen molar-refractivity contribution in [2.24, 2.45) is 5.73 Å². The number of rotatable bonds is 7. The van der Waals surface area contributed by atoms with Gasteiger partial charge in [0.25, 0.3) is 0 Å². The first-order valence-electron chi connectivity index (χ1n) is 7.50. The largest absolute Gasteiger partial charge is 0.497 e. The molecule has 0 spiro atoms. The lowest BCUT2D eigenvalue weighted by Gasteiger charge is -2.27. The predicted octanol–water partition coefficient (Wildman–Crippen LogP) is 2.75. The summed E-state index contributed by atoms with van der Waals surface area (Å²) in [6.07, 6.45) is 2.06. The number of aliphatic hydroxyl groups is 1. The van der Waals surface area contributed by atoms with Crippen LogP contribution >= 0.6 is 0 Å². The fraction of sp³-hybridized carbons (Fsp3) is 0.389. The number of ether oxygens (including phenoxy) is 1. The Morgan fingerprint density at radius 3 is 2.50 bits per heavy atom. The van der Waals surface area contributed by atoms with Gasteiger partial charge in [0.15, 0.2) is 0 Å². The molecule has 0 radical (unpaired) electrons. The summed E-state index contributed by atoms with van der Waals surface area (Å²) in [7, 11) is 1.64. The van der Waals surface area contributed by atoms with Crippen LogP contribution in [0.2, 0.25) is 0 Å². The molecule has 0 fully saturated rings. The molecule has 4 nitrogen and oxygen atoms in total. The Morgan fingerprint density at radius 1 is 1.18 bits per heavy atom. The highest BCUT2D eigenvalue weighted by atomic mass is 16.5. The van der Waals surface area contributed by atoms with Crippen molar-refractivity contribution in [1.29, 1.82) is 0 Å². The molecule has 0 saturated carbocycles. The molecule has 1 amide bonds. The van der Waals surface area contributed by atoms with Crippen LogP contribution in [0.15, 0.2) is 36.4 Å². The van der Waals surface area contributed by atoms with Crippen molar-refractivity contribution in [2.75, 3.05) is 13.7 Å². The molecule has 2 aromatic rings. The normalized spacial score (nSPS) is 13.8. The SMILES string of the molecule is COc1ccc2cc(C(C)(CCCCO)C(N)=O)ccc2c1. The highest BCUT2D eigenvalue weighted by Gasteiger charge is 2.32. The highest BCUT2D eigenvalue weighted by molar-refractivity contribution is 5.90. The van der Waals surface area contributed by atoms with Crippen LogP contribution in [0.25, 0.3) is 10.8 Å². The van der Waals surface area contributed by atoms with E-state index < -0.39 is 5.41 Å². The van der Waals surface area contributed by atoms with Crippen molar-refractivity contribution in [1.82, 2.24) is 0 Å². The smallest absolute Gasteiger partial charge is 0.227 e. The van der Waals surface area contributed by atoms with E-state index >= 15 is 0 Å². The molecular weight excluding hydrogens is 278 g/mol. The molecule has 0 bridgehead atoms. The molecule has 118 valence electrons. The molecule has 0 aliphatic heterocycles. The first kappa shape index (κ1) is 16.3. The van der Waals surface area contributed by atoms with E-state index in [0.29, 0.717) is 12.8 Å². The topological polar surface area (TPSA) is 72.6 Å². The summed E-state index contributed by atoms with van der Waals surface area (Å²) in [6.45, 7) is 2.00. The Morgan fingerprint density at radius 2 is 1.86 bits per heavy atom. The minimum atomic E-state index is -0.719. The van der Waals surface area contributed by atoms with Gasteiger partial charge in [0.2, 0.25) is 5.91 Å². The van der Waals surface area contributed by atoms with E-state index in [1.54, 1.807) is 7.11 Å². The average molecular weight is 301 g/mol. The summed E-state index contributed by atoms with van der Waals surface area (Å²) in [5, 5.41) is 11.0.